The molecule has 0 aliphatic rings. The maximum Gasteiger partial charge on any atom is 0.255 e. The van der Waals surface area contributed by atoms with Crippen LogP contribution in [0.3, 0.4) is 0 Å². The molecule has 0 saturated carbocycles. The van der Waals surface area contributed by atoms with Gasteiger partial charge in [0.05, 0.1) is 5.56 Å². The van der Waals surface area contributed by atoms with E-state index < -0.39 is 34.6 Å². The third-order valence-electron chi connectivity index (χ3n) is 3.20. The van der Waals surface area contributed by atoms with Crippen molar-refractivity contribution >= 4 is 17.5 Å². The maximum absolute atomic E-state index is 13.6. The number of benzene rings is 2. The summed E-state index contributed by atoms with van der Waals surface area (Å²) in [5, 5.41) is 5.05. The minimum atomic E-state index is -1.31. The van der Waals surface area contributed by atoms with Crippen molar-refractivity contribution in [3.8, 4) is 0 Å². The maximum atomic E-state index is 13.6. The van der Waals surface area contributed by atoms with Gasteiger partial charge in [0, 0.05) is 5.69 Å². The second-order valence-electron chi connectivity index (χ2n) is 5.52. The van der Waals surface area contributed by atoms with Crippen molar-refractivity contribution in [3.63, 3.8) is 0 Å². The number of para-hydroxylation sites is 1. The predicted molar refractivity (Wildman–Crippen MR) is 83.0 cm³/mol. The SMILES string of the molecule is CC(C)(NC(=O)c1cc(F)ccc1F)C(=O)Nc1ccccc1. The molecule has 0 aliphatic heterocycles. The van der Waals surface area contributed by atoms with Crippen LogP contribution in [0.1, 0.15) is 24.2 Å². The first-order valence-electron chi connectivity index (χ1n) is 6.93. The lowest BCUT2D eigenvalue weighted by Crippen LogP contribution is -2.52. The molecule has 0 spiro atoms. The first-order chi connectivity index (χ1) is 10.8. The predicted octanol–water partition coefficient (Wildman–Crippen LogP) is 3.11. The number of amides is 2. The molecule has 23 heavy (non-hydrogen) atoms. The zero-order valence-corrected chi connectivity index (χ0v) is 12.7. The Labute approximate surface area is 132 Å². The molecule has 2 aromatic rings. The number of carbonyl (C=O) groups is 2. The molecule has 2 N–H and O–H groups in total. The summed E-state index contributed by atoms with van der Waals surface area (Å²) in [5.74, 6) is -2.93. The Morgan fingerprint density at radius 2 is 1.65 bits per heavy atom. The van der Waals surface area contributed by atoms with Gasteiger partial charge < -0.3 is 10.6 Å². The van der Waals surface area contributed by atoms with Gasteiger partial charge in [-0.25, -0.2) is 8.78 Å². The molecule has 0 aromatic heterocycles. The molecule has 4 nitrogen and oxygen atoms in total. The lowest BCUT2D eigenvalue weighted by molar-refractivity contribution is -0.120. The van der Waals surface area contributed by atoms with Gasteiger partial charge in [0.2, 0.25) is 5.91 Å². The first kappa shape index (κ1) is 16.6. The molecular formula is C17H16F2N2O2. The van der Waals surface area contributed by atoms with Gasteiger partial charge in [0.25, 0.3) is 5.91 Å². The highest BCUT2D eigenvalue weighted by molar-refractivity contribution is 6.03. The number of carbonyl (C=O) groups excluding carboxylic acids is 2. The molecule has 2 amide bonds. The van der Waals surface area contributed by atoms with Gasteiger partial charge >= 0.3 is 0 Å². The van der Waals surface area contributed by atoms with Crippen molar-refractivity contribution in [3.05, 3.63) is 65.7 Å². The highest BCUT2D eigenvalue weighted by atomic mass is 19.1. The van der Waals surface area contributed by atoms with Crippen LogP contribution in [0.2, 0.25) is 0 Å². The third-order valence-corrected chi connectivity index (χ3v) is 3.20. The molecule has 0 radical (unpaired) electrons. The Balaban J connectivity index is 2.12. The summed E-state index contributed by atoms with van der Waals surface area (Å²) >= 11 is 0. The summed E-state index contributed by atoms with van der Waals surface area (Å²) < 4.78 is 26.8. The quantitative estimate of drug-likeness (QED) is 0.910. The molecule has 0 heterocycles. The molecular weight excluding hydrogens is 302 g/mol. The van der Waals surface area contributed by atoms with E-state index >= 15 is 0 Å². The van der Waals surface area contributed by atoms with Crippen LogP contribution < -0.4 is 10.6 Å². The standard InChI is InChI=1S/C17H16F2N2O2/c1-17(2,16(23)20-12-6-4-3-5-7-12)21-15(22)13-10-11(18)8-9-14(13)19/h3-10H,1-2H3,(H,20,23)(H,21,22). The van der Waals surface area contributed by atoms with Crippen LogP contribution in [0.5, 0.6) is 0 Å². The minimum absolute atomic E-state index is 0.453. The summed E-state index contributed by atoms with van der Waals surface area (Å²) in [4.78, 5) is 24.4. The molecule has 2 aromatic carbocycles. The van der Waals surface area contributed by atoms with Crippen molar-refractivity contribution in [2.24, 2.45) is 0 Å². The van der Waals surface area contributed by atoms with Crippen LogP contribution in [0, 0.1) is 11.6 Å². The average Bonchev–Trinajstić information content (AvgIpc) is 2.50. The molecule has 0 unspecified atom stereocenters. The van der Waals surface area contributed by atoms with Gasteiger partial charge in [0.1, 0.15) is 17.2 Å². The lowest BCUT2D eigenvalue weighted by Gasteiger charge is -2.25. The van der Waals surface area contributed by atoms with Crippen LogP contribution >= 0.6 is 0 Å². The Kier molecular flexibility index (Phi) is 4.74. The smallest absolute Gasteiger partial charge is 0.255 e. The fourth-order valence-electron chi connectivity index (χ4n) is 1.89. The molecule has 2 rings (SSSR count). The van der Waals surface area contributed by atoms with E-state index in [1.165, 1.54) is 13.8 Å². The summed E-state index contributed by atoms with van der Waals surface area (Å²) in [7, 11) is 0. The average molecular weight is 318 g/mol. The van der Waals surface area contributed by atoms with E-state index in [2.05, 4.69) is 10.6 Å². The van der Waals surface area contributed by atoms with E-state index in [1.807, 2.05) is 0 Å². The Morgan fingerprint density at radius 1 is 1.00 bits per heavy atom. The Morgan fingerprint density at radius 3 is 2.30 bits per heavy atom. The van der Waals surface area contributed by atoms with Gasteiger partial charge in [-0.05, 0) is 44.2 Å². The molecule has 6 heteroatoms. The summed E-state index contributed by atoms with van der Waals surface area (Å²) in [6.07, 6.45) is 0. The van der Waals surface area contributed by atoms with E-state index in [-0.39, 0.29) is 0 Å². The van der Waals surface area contributed by atoms with Crippen LogP contribution in [-0.4, -0.2) is 17.4 Å². The lowest BCUT2D eigenvalue weighted by atomic mass is 10.0. The Hall–Kier alpha value is -2.76. The van der Waals surface area contributed by atoms with E-state index in [1.54, 1.807) is 30.3 Å². The van der Waals surface area contributed by atoms with Gasteiger partial charge in [0.15, 0.2) is 0 Å². The molecule has 0 bridgehead atoms. The van der Waals surface area contributed by atoms with Crippen LogP contribution in [-0.2, 0) is 4.79 Å². The van der Waals surface area contributed by atoms with Gasteiger partial charge in [-0.15, -0.1) is 0 Å². The van der Waals surface area contributed by atoms with Crippen LogP contribution in [0.25, 0.3) is 0 Å². The fourth-order valence-corrected chi connectivity index (χ4v) is 1.89. The van der Waals surface area contributed by atoms with E-state index in [4.69, 9.17) is 0 Å². The number of anilines is 1. The number of hydrogen-bond acceptors (Lipinski definition) is 2. The number of nitrogens with one attached hydrogen (secondary N) is 2. The summed E-state index contributed by atoms with van der Waals surface area (Å²) in [5.41, 5.74) is -1.20. The summed E-state index contributed by atoms with van der Waals surface area (Å²) in [6, 6.07) is 11.3. The monoisotopic (exact) mass is 318 g/mol. The highest BCUT2D eigenvalue weighted by Gasteiger charge is 2.30. The zero-order valence-electron chi connectivity index (χ0n) is 12.7. The van der Waals surface area contributed by atoms with Crippen LogP contribution in [0.15, 0.2) is 48.5 Å². The zero-order chi connectivity index (χ0) is 17.0. The fraction of sp³-hybridized carbons (Fsp3) is 0.176. The molecule has 0 saturated heterocycles. The minimum Gasteiger partial charge on any atom is -0.338 e. The van der Waals surface area contributed by atoms with Crippen LogP contribution in [0.4, 0.5) is 14.5 Å². The number of halogens is 2. The number of rotatable bonds is 4. The molecule has 120 valence electrons. The topological polar surface area (TPSA) is 58.2 Å². The van der Waals surface area contributed by atoms with Gasteiger partial charge in [-0.3, -0.25) is 9.59 Å². The first-order valence-corrected chi connectivity index (χ1v) is 6.93. The van der Waals surface area contributed by atoms with Gasteiger partial charge in [-0.2, -0.15) is 0 Å². The molecule has 0 aliphatic carbocycles. The Bertz CT molecular complexity index is 731. The van der Waals surface area contributed by atoms with Crippen molar-refractivity contribution in [1.29, 1.82) is 0 Å². The van der Waals surface area contributed by atoms with E-state index in [0.717, 1.165) is 18.2 Å². The third kappa shape index (κ3) is 4.12. The summed E-state index contributed by atoms with van der Waals surface area (Å²) in [6.45, 7) is 2.95. The van der Waals surface area contributed by atoms with E-state index in [0.29, 0.717) is 5.69 Å². The number of hydrogen-bond donors (Lipinski definition) is 2. The van der Waals surface area contributed by atoms with Gasteiger partial charge in [-0.1, -0.05) is 18.2 Å². The molecule has 0 atom stereocenters. The second kappa shape index (κ2) is 6.56. The van der Waals surface area contributed by atoms with E-state index in [9.17, 15) is 18.4 Å². The van der Waals surface area contributed by atoms with Crippen molar-refractivity contribution in [2.75, 3.05) is 5.32 Å². The van der Waals surface area contributed by atoms with Crippen molar-refractivity contribution < 1.29 is 18.4 Å². The highest BCUT2D eigenvalue weighted by Crippen LogP contribution is 2.14. The molecule has 0 fully saturated rings. The van der Waals surface area contributed by atoms with Crippen molar-refractivity contribution in [1.82, 2.24) is 5.32 Å². The normalized spacial score (nSPS) is 11.0. The second-order valence-corrected chi connectivity index (χ2v) is 5.52. The largest absolute Gasteiger partial charge is 0.338 e. The van der Waals surface area contributed by atoms with Crippen molar-refractivity contribution in [2.45, 2.75) is 19.4 Å².